The molecule has 1 aromatic heterocycles. The smallest absolute Gasteiger partial charge is 0.330 e. The number of aromatic amines is 1. The quantitative estimate of drug-likeness (QED) is 0.725. The number of amides is 1. The van der Waals surface area contributed by atoms with Crippen LogP contribution >= 0.6 is 0 Å². The Hall–Kier alpha value is -3.61. The molecule has 3 aromatic rings. The highest BCUT2D eigenvalue weighted by atomic mass is 16.2. The summed E-state index contributed by atoms with van der Waals surface area (Å²) in [4.78, 5) is 41.1. The molecule has 3 N–H and O–H groups in total. The van der Waals surface area contributed by atoms with Crippen molar-refractivity contribution >= 4 is 17.4 Å². The van der Waals surface area contributed by atoms with Crippen LogP contribution in [0.25, 0.3) is 0 Å². The van der Waals surface area contributed by atoms with E-state index in [9.17, 15) is 14.4 Å². The summed E-state index contributed by atoms with van der Waals surface area (Å²) in [6, 6.07) is 14.7. The number of nitrogen functional groups attached to an aromatic ring is 1. The van der Waals surface area contributed by atoms with Gasteiger partial charge >= 0.3 is 5.69 Å². The first-order valence-electron chi connectivity index (χ1n) is 8.81. The van der Waals surface area contributed by atoms with E-state index in [0.29, 0.717) is 5.56 Å². The average Bonchev–Trinajstić information content (AvgIpc) is 2.65. The Morgan fingerprint density at radius 2 is 1.79 bits per heavy atom. The van der Waals surface area contributed by atoms with E-state index in [-0.39, 0.29) is 24.0 Å². The van der Waals surface area contributed by atoms with Gasteiger partial charge in [0, 0.05) is 12.6 Å². The highest BCUT2D eigenvalue weighted by molar-refractivity contribution is 6.07. The van der Waals surface area contributed by atoms with Crippen LogP contribution < -0.4 is 21.9 Å². The van der Waals surface area contributed by atoms with E-state index in [1.54, 1.807) is 6.07 Å². The topological polar surface area (TPSA) is 101 Å². The largest absolute Gasteiger partial charge is 0.383 e. The van der Waals surface area contributed by atoms with Gasteiger partial charge in [0.05, 0.1) is 6.54 Å². The Kier molecular flexibility index (Phi) is 5.17. The maximum absolute atomic E-state index is 13.0. The standard InChI is InChI=1S/C21H22N4O3/c1-13-9-10-16(14(2)11-13)20(27)24(3)17-18(22)25(21(28)23-19(17)26)12-15-7-5-4-6-8-15/h4-11H,12,22H2,1-3H3,(H,23,26,28). The number of anilines is 2. The predicted molar refractivity (Wildman–Crippen MR) is 110 cm³/mol. The van der Waals surface area contributed by atoms with Gasteiger partial charge in [0.2, 0.25) is 0 Å². The molecule has 0 aliphatic rings. The number of carbonyl (C=O) groups is 1. The summed E-state index contributed by atoms with van der Waals surface area (Å²) in [6.45, 7) is 3.95. The molecule has 7 heteroatoms. The minimum absolute atomic E-state index is 0.0551. The van der Waals surface area contributed by atoms with Crippen molar-refractivity contribution in [1.29, 1.82) is 0 Å². The summed E-state index contributed by atoms with van der Waals surface area (Å²) in [6.07, 6.45) is 0. The molecule has 28 heavy (non-hydrogen) atoms. The van der Waals surface area contributed by atoms with Gasteiger partial charge in [-0.3, -0.25) is 19.1 Å². The van der Waals surface area contributed by atoms with Crippen LogP contribution in [0.4, 0.5) is 11.5 Å². The van der Waals surface area contributed by atoms with Crippen LogP contribution in [0, 0.1) is 13.8 Å². The summed E-state index contributed by atoms with van der Waals surface area (Å²) in [7, 11) is 1.47. The van der Waals surface area contributed by atoms with E-state index in [1.165, 1.54) is 16.5 Å². The molecule has 0 spiro atoms. The normalized spacial score (nSPS) is 10.7. The van der Waals surface area contributed by atoms with E-state index in [1.807, 2.05) is 56.3 Å². The number of carbonyl (C=O) groups excluding carboxylic acids is 1. The molecule has 0 aliphatic heterocycles. The maximum Gasteiger partial charge on any atom is 0.330 e. The van der Waals surface area contributed by atoms with Crippen LogP contribution in [-0.2, 0) is 6.54 Å². The van der Waals surface area contributed by atoms with Gasteiger partial charge < -0.3 is 10.6 Å². The molecule has 0 unspecified atom stereocenters. The first-order chi connectivity index (χ1) is 13.3. The Balaban J connectivity index is 2.06. The summed E-state index contributed by atoms with van der Waals surface area (Å²) in [5.74, 6) is -0.433. The number of hydrogen-bond donors (Lipinski definition) is 2. The van der Waals surface area contributed by atoms with Crippen molar-refractivity contribution in [3.63, 3.8) is 0 Å². The molecular weight excluding hydrogens is 356 g/mol. The molecule has 3 rings (SSSR count). The van der Waals surface area contributed by atoms with Gasteiger partial charge in [-0.15, -0.1) is 0 Å². The number of aromatic nitrogens is 2. The second kappa shape index (κ2) is 7.56. The zero-order valence-electron chi connectivity index (χ0n) is 16.0. The summed E-state index contributed by atoms with van der Waals surface area (Å²) in [5, 5.41) is 0. The minimum atomic E-state index is -0.701. The predicted octanol–water partition coefficient (Wildman–Crippen LogP) is 2.06. The molecule has 0 saturated carbocycles. The number of nitrogens with one attached hydrogen (secondary N) is 1. The lowest BCUT2D eigenvalue weighted by Crippen LogP contribution is -2.39. The van der Waals surface area contributed by atoms with Crippen molar-refractivity contribution in [2.24, 2.45) is 0 Å². The number of hydrogen-bond acceptors (Lipinski definition) is 4. The summed E-state index contributed by atoms with van der Waals surface area (Å²) >= 11 is 0. The van der Waals surface area contributed by atoms with E-state index in [4.69, 9.17) is 5.73 Å². The second-order valence-electron chi connectivity index (χ2n) is 6.75. The summed E-state index contributed by atoms with van der Waals surface area (Å²) in [5.41, 5.74) is 7.92. The van der Waals surface area contributed by atoms with Gasteiger partial charge in [-0.05, 0) is 31.0 Å². The van der Waals surface area contributed by atoms with Crippen LogP contribution in [0.5, 0.6) is 0 Å². The van der Waals surface area contributed by atoms with Crippen LogP contribution in [0.1, 0.15) is 27.0 Å². The van der Waals surface area contributed by atoms with Gasteiger partial charge in [-0.2, -0.15) is 0 Å². The fourth-order valence-corrected chi connectivity index (χ4v) is 3.16. The van der Waals surface area contributed by atoms with Crippen molar-refractivity contribution < 1.29 is 4.79 Å². The molecule has 1 amide bonds. The van der Waals surface area contributed by atoms with Crippen molar-refractivity contribution in [1.82, 2.24) is 9.55 Å². The maximum atomic E-state index is 13.0. The van der Waals surface area contributed by atoms with Crippen molar-refractivity contribution in [2.75, 3.05) is 17.7 Å². The summed E-state index contributed by atoms with van der Waals surface area (Å²) < 4.78 is 1.25. The second-order valence-corrected chi connectivity index (χ2v) is 6.75. The fourth-order valence-electron chi connectivity index (χ4n) is 3.16. The third-order valence-electron chi connectivity index (χ3n) is 4.65. The van der Waals surface area contributed by atoms with Gasteiger partial charge in [0.15, 0.2) is 5.69 Å². The number of rotatable bonds is 4. The zero-order chi connectivity index (χ0) is 20.4. The minimum Gasteiger partial charge on any atom is -0.383 e. The van der Waals surface area contributed by atoms with Crippen LogP contribution in [0.15, 0.2) is 58.1 Å². The van der Waals surface area contributed by atoms with E-state index < -0.39 is 11.2 Å². The van der Waals surface area contributed by atoms with Gasteiger partial charge in [-0.1, -0.05) is 48.0 Å². The van der Waals surface area contributed by atoms with Gasteiger partial charge in [0.1, 0.15) is 5.82 Å². The van der Waals surface area contributed by atoms with Crippen LogP contribution in [0.2, 0.25) is 0 Å². The first-order valence-corrected chi connectivity index (χ1v) is 8.81. The zero-order valence-corrected chi connectivity index (χ0v) is 16.0. The number of H-pyrrole nitrogens is 1. The highest BCUT2D eigenvalue weighted by Crippen LogP contribution is 2.20. The molecule has 2 aromatic carbocycles. The van der Waals surface area contributed by atoms with Crippen molar-refractivity contribution in [2.45, 2.75) is 20.4 Å². The van der Waals surface area contributed by atoms with Crippen LogP contribution in [-0.4, -0.2) is 22.5 Å². The lowest BCUT2D eigenvalue weighted by atomic mass is 10.0. The average molecular weight is 378 g/mol. The molecule has 144 valence electrons. The third kappa shape index (κ3) is 3.59. The molecule has 7 nitrogen and oxygen atoms in total. The molecule has 1 heterocycles. The Morgan fingerprint density at radius 3 is 2.43 bits per heavy atom. The lowest BCUT2D eigenvalue weighted by molar-refractivity contribution is 0.0992. The molecule has 0 fully saturated rings. The first kappa shape index (κ1) is 19.2. The Morgan fingerprint density at radius 1 is 1.11 bits per heavy atom. The lowest BCUT2D eigenvalue weighted by Gasteiger charge is -2.21. The van der Waals surface area contributed by atoms with E-state index >= 15 is 0 Å². The molecule has 0 saturated heterocycles. The van der Waals surface area contributed by atoms with Crippen LogP contribution in [0.3, 0.4) is 0 Å². The van der Waals surface area contributed by atoms with E-state index in [0.717, 1.165) is 16.7 Å². The number of nitrogens with zero attached hydrogens (tertiary/aromatic N) is 2. The van der Waals surface area contributed by atoms with Gasteiger partial charge in [-0.25, -0.2) is 4.79 Å². The van der Waals surface area contributed by atoms with Crippen molar-refractivity contribution in [3.05, 3.63) is 91.6 Å². The van der Waals surface area contributed by atoms with Crippen molar-refractivity contribution in [3.8, 4) is 0 Å². The number of nitrogens with two attached hydrogens (primary N) is 1. The molecule has 0 bridgehead atoms. The molecule has 0 atom stereocenters. The monoisotopic (exact) mass is 378 g/mol. The molecule has 0 aliphatic carbocycles. The SMILES string of the molecule is Cc1ccc(C(=O)N(C)c2c(N)n(Cc3ccccc3)c(=O)[nH]c2=O)c(C)c1. The molecule has 0 radical (unpaired) electrons. The third-order valence-corrected chi connectivity index (χ3v) is 4.65. The fraction of sp³-hybridized carbons (Fsp3) is 0.190. The Bertz CT molecular complexity index is 1150. The Labute approximate surface area is 162 Å². The van der Waals surface area contributed by atoms with E-state index in [2.05, 4.69) is 4.98 Å². The highest BCUT2D eigenvalue weighted by Gasteiger charge is 2.23. The molecular formula is C21H22N4O3. The number of benzene rings is 2. The van der Waals surface area contributed by atoms with Gasteiger partial charge in [0.25, 0.3) is 11.5 Å². The number of aryl methyl sites for hydroxylation is 2.